The van der Waals surface area contributed by atoms with Crippen molar-refractivity contribution in [1.29, 1.82) is 0 Å². The Hall–Kier alpha value is -2.54. The molecule has 0 saturated heterocycles. The van der Waals surface area contributed by atoms with Crippen LogP contribution in [0.25, 0.3) is 0 Å². The summed E-state index contributed by atoms with van der Waals surface area (Å²) in [7, 11) is -2.21. The van der Waals surface area contributed by atoms with Crippen LogP contribution in [0.15, 0.2) is 42.5 Å². The molecular weight excluding hydrogens is 352 g/mol. The summed E-state index contributed by atoms with van der Waals surface area (Å²) in [6.07, 6.45) is 1.83. The van der Waals surface area contributed by atoms with Crippen LogP contribution in [0.5, 0.6) is 5.75 Å². The van der Waals surface area contributed by atoms with E-state index in [-0.39, 0.29) is 6.54 Å². The largest absolute Gasteiger partial charge is 0.495 e. The van der Waals surface area contributed by atoms with Crippen molar-refractivity contribution in [1.82, 2.24) is 0 Å². The van der Waals surface area contributed by atoms with Crippen LogP contribution < -0.4 is 14.4 Å². The van der Waals surface area contributed by atoms with E-state index in [0.717, 1.165) is 28.1 Å². The van der Waals surface area contributed by atoms with Gasteiger partial charge < -0.3 is 10.1 Å². The summed E-state index contributed by atoms with van der Waals surface area (Å²) < 4.78 is 31.0. The number of methoxy groups -OCH3 is 1. The van der Waals surface area contributed by atoms with Crippen molar-refractivity contribution < 1.29 is 17.9 Å². The molecule has 2 aromatic carbocycles. The molecule has 2 aromatic rings. The Morgan fingerprint density at radius 3 is 2.50 bits per heavy atom. The molecule has 2 rings (SSSR count). The molecule has 0 aliphatic rings. The van der Waals surface area contributed by atoms with E-state index in [0.29, 0.717) is 17.1 Å². The molecule has 1 N–H and O–H groups in total. The molecule has 1 amide bonds. The van der Waals surface area contributed by atoms with Crippen molar-refractivity contribution in [3.8, 4) is 5.75 Å². The minimum atomic E-state index is -3.68. The van der Waals surface area contributed by atoms with E-state index in [1.54, 1.807) is 18.2 Å². The van der Waals surface area contributed by atoms with Gasteiger partial charge in [-0.15, -0.1) is 0 Å². The summed E-state index contributed by atoms with van der Waals surface area (Å²) in [5.74, 6) is -0.0253. The highest BCUT2D eigenvalue weighted by Gasteiger charge is 2.24. The van der Waals surface area contributed by atoms with Crippen molar-refractivity contribution >= 4 is 27.3 Å². The van der Waals surface area contributed by atoms with Crippen molar-refractivity contribution in [3.63, 3.8) is 0 Å². The number of amides is 1. The highest BCUT2D eigenvalue weighted by atomic mass is 32.2. The lowest BCUT2D eigenvalue weighted by atomic mass is 10.1. The zero-order valence-electron chi connectivity index (χ0n) is 15.4. The van der Waals surface area contributed by atoms with E-state index in [4.69, 9.17) is 4.74 Å². The van der Waals surface area contributed by atoms with Crippen LogP contribution in [-0.4, -0.2) is 34.2 Å². The van der Waals surface area contributed by atoms with Crippen LogP contribution >= 0.6 is 0 Å². The predicted molar refractivity (Wildman–Crippen MR) is 104 cm³/mol. The molecule has 0 unspecified atom stereocenters. The number of sulfonamides is 1. The number of para-hydroxylation sites is 1. The highest BCUT2D eigenvalue weighted by Crippen LogP contribution is 2.31. The van der Waals surface area contributed by atoms with Crippen LogP contribution in [0.3, 0.4) is 0 Å². The molecule has 7 heteroatoms. The van der Waals surface area contributed by atoms with Gasteiger partial charge in [-0.3, -0.25) is 9.10 Å². The van der Waals surface area contributed by atoms with Gasteiger partial charge in [0, 0.05) is 5.69 Å². The van der Waals surface area contributed by atoms with Crippen LogP contribution in [0.4, 0.5) is 11.4 Å². The zero-order chi connectivity index (χ0) is 19.3. The van der Waals surface area contributed by atoms with Gasteiger partial charge in [-0.2, -0.15) is 0 Å². The molecule has 0 aromatic heterocycles. The summed E-state index contributed by atoms with van der Waals surface area (Å²) >= 11 is 0. The van der Waals surface area contributed by atoms with Gasteiger partial charge in [-0.25, -0.2) is 8.42 Å². The quantitative estimate of drug-likeness (QED) is 0.806. The van der Waals surface area contributed by atoms with E-state index in [9.17, 15) is 13.2 Å². The number of anilines is 2. The Labute approximate surface area is 154 Å². The fraction of sp³-hybridized carbons (Fsp3) is 0.316. The average Bonchev–Trinajstić information content (AvgIpc) is 2.59. The molecule has 0 radical (unpaired) electrons. The van der Waals surface area contributed by atoms with E-state index in [1.165, 1.54) is 7.11 Å². The lowest BCUT2D eigenvalue weighted by molar-refractivity contribution is -0.114. The fourth-order valence-corrected chi connectivity index (χ4v) is 3.50. The molecule has 0 spiro atoms. The summed E-state index contributed by atoms with van der Waals surface area (Å²) in [5, 5.41) is 2.80. The molecule has 0 aliphatic heterocycles. The first-order chi connectivity index (χ1) is 12.3. The maximum Gasteiger partial charge on any atom is 0.245 e. The molecular formula is C19H24N2O4S. The maximum absolute atomic E-state index is 12.5. The van der Waals surface area contributed by atoms with Crippen molar-refractivity contribution in [3.05, 3.63) is 53.6 Å². The van der Waals surface area contributed by atoms with Gasteiger partial charge >= 0.3 is 0 Å². The normalized spacial score (nSPS) is 11.1. The number of nitrogens with zero attached hydrogens (tertiary/aromatic N) is 1. The Kier molecular flexibility index (Phi) is 6.26. The highest BCUT2D eigenvalue weighted by molar-refractivity contribution is 7.92. The number of carbonyl (C=O) groups is 1. The van der Waals surface area contributed by atoms with Gasteiger partial charge in [0.25, 0.3) is 0 Å². The monoisotopic (exact) mass is 376 g/mol. The molecule has 0 bridgehead atoms. The Bertz CT molecular complexity index is 894. The number of benzene rings is 2. The minimum absolute atomic E-state index is 0.337. The summed E-state index contributed by atoms with van der Waals surface area (Å²) in [6, 6.07) is 12.6. The van der Waals surface area contributed by atoms with Gasteiger partial charge in [0.15, 0.2) is 0 Å². The van der Waals surface area contributed by atoms with Crippen molar-refractivity contribution in [2.24, 2.45) is 0 Å². The van der Waals surface area contributed by atoms with Crippen LogP contribution in [0.1, 0.15) is 18.1 Å². The second kappa shape index (κ2) is 8.23. The number of ether oxygens (including phenoxy) is 1. The second-order valence-electron chi connectivity index (χ2n) is 6.00. The molecule has 0 aliphatic carbocycles. The zero-order valence-corrected chi connectivity index (χ0v) is 16.3. The first-order valence-corrected chi connectivity index (χ1v) is 10.1. The van der Waals surface area contributed by atoms with E-state index >= 15 is 0 Å². The topological polar surface area (TPSA) is 75.7 Å². The molecule has 140 valence electrons. The third-order valence-corrected chi connectivity index (χ3v) is 5.09. The lowest BCUT2D eigenvalue weighted by Crippen LogP contribution is -2.37. The van der Waals surface area contributed by atoms with E-state index in [2.05, 4.69) is 5.32 Å². The predicted octanol–water partition coefficient (Wildman–Crippen LogP) is 2.97. The third-order valence-electron chi connectivity index (χ3n) is 3.96. The van der Waals surface area contributed by atoms with Gasteiger partial charge in [0.1, 0.15) is 12.3 Å². The van der Waals surface area contributed by atoms with Crippen LogP contribution in [0.2, 0.25) is 0 Å². The van der Waals surface area contributed by atoms with Gasteiger partial charge in [0.2, 0.25) is 15.9 Å². The second-order valence-corrected chi connectivity index (χ2v) is 7.91. The van der Waals surface area contributed by atoms with Gasteiger partial charge in [0.05, 0.1) is 19.1 Å². The first kappa shape index (κ1) is 19.8. The summed E-state index contributed by atoms with van der Waals surface area (Å²) in [4.78, 5) is 12.5. The molecule has 26 heavy (non-hydrogen) atoms. The maximum atomic E-state index is 12.5. The van der Waals surface area contributed by atoms with Crippen molar-refractivity contribution in [2.75, 3.05) is 29.5 Å². The van der Waals surface area contributed by atoms with Crippen LogP contribution in [0, 0.1) is 6.92 Å². The van der Waals surface area contributed by atoms with Crippen LogP contribution in [-0.2, 0) is 21.2 Å². The summed E-state index contributed by atoms with van der Waals surface area (Å²) in [5.41, 5.74) is 2.88. The SMILES string of the molecule is CCc1ccccc1NC(=O)CN(c1cc(C)ccc1OC)S(C)(=O)=O. The Balaban J connectivity index is 2.32. The fourth-order valence-electron chi connectivity index (χ4n) is 2.65. The number of hydrogen-bond acceptors (Lipinski definition) is 4. The number of carbonyl (C=O) groups excluding carboxylic acids is 1. The molecule has 0 saturated carbocycles. The molecule has 6 nitrogen and oxygen atoms in total. The smallest absolute Gasteiger partial charge is 0.245 e. The first-order valence-electron chi connectivity index (χ1n) is 8.26. The Morgan fingerprint density at radius 1 is 1.19 bits per heavy atom. The number of nitrogens with one attached hydrogen (secondary N) is 1. The summed E-state index contributed by atoms with van der Waals surface area (Å²) in [6.45, 7) is 3.50. The molecule has 0 atom stereocenters. The number of aryl methyl sites for hydroxylation is 2. The van der Waals surface area contributed by atoms with Gasteiger partial charge in [-0.1, -0.05) is 31.2 Å². The molecule has 0 fully saturated rings. The lowest BCUT2D eigenvalue weighted by Gasteiger charge is -2.24. The van der Waals surface area contributed by atoms with E-state index in [1.807, 2.05) is 38.1 Å². The standard InChI is InChI=1S/C19H24N2O4S/c1-5-15-8-6-7-9-16(15)20-19(22)13-21(26(4,23)24)17-12-14(2)10-11-18(17)25-3/h6-12H,5,13H2,1-4H3,(H,20,22). The third kappa shape index (κ3) is 4.76. The van der Waals surface area contributed by atoms with Gasteiger partial charge in [-0.05, 0) is 42.7 Å². The van der Waals surface area contributed by atoms with E-state index < -0.39 is 15.9 Å². The average molecular weight is 376 g/mol. The molecule has 0 heterocycles. The Morgan fingerprint density at radius 2 is 1.88 bits per heavy atom. The number of rotatable bonds is 7. The van der Waals surface area contributed by atoms with Crippen molar-refractivity contribution in [2.45, 2.75) is 20.3 Å². The minimum Gasteiger partial charge on any atom is -0.495 e. The number of hydrogen-bond donors (Lipinski definition) is 1.